The molecule has 0 radical (unpaired) electrons. The Kier molecular flexibility index (Phi) is 5.37. The first-order chi connectivity index (χ1) is 7.22. The van der Waals surface area contributed by atoms with Gasteiger partial charge in [0, 0.05) is 19.6 Å². The third-order valence-corrected chi connectivity index (χ3v) is 2.54. The number of rotatable bonds is 5. The zero-order valence-corrected chi connectivity index (χ0v) is 9.67. The van der Waals surface area contributed by atoms with Gasteiger partial charge in [-0.2, -0.15) is 0 Å². The zero-order chi connectivity index (χ0) is 11.1. The molecule has 0 N–H and O–H groups in total. The smallest absolute Gasteiger partial charge is 0.0594 e. The van der Waals surface area contributed by atoms with E-state index < -0.39 is 0 Å². The van der Waals surface area contributed by atoms with Crippen molar-refractivity contribution in [3.63, 3.8) is 0 Å². The largest absolute Gasteiger partial charge is 0.379 e. The fourth-order valence-electron chi connectivity index (χ4n) is 1.45. The molecule has 1 aliphatic rings. The summed E-state index contributed by atoms with van der Waals surface area (Å²) in [5.74, 6) is 0. The summed E-state index contributed by atoms with van der Waals surface area (Å²) in [7, 11) is 0. The topological polar surface area (TPSA) is 12.5 Å². The van der Waals surface area contributed by atoms with Crippen molar-refractivity contribution in [2.24, 2.45) is 0 Å². The highest BCUT2D eigenvalue weighted by Crippen LogP contribution is 2.05. The lowest BCUT2D eigenvalue weighted by Gasteiger charge is -2.26. The molecule has 1 fully saturated rings. The molecule has 15 heavy (non-hydrogen) atoms. The maximum absolute atomic E-state index is 5.29. The van der Waals surface area contributed by atoms with Gasteiger partial charge in [0.15, 0.2) is 0 Å². The second kappa shape index (κ2) is 6.59. The highest BCUT2D eigenvalue weighted by molar-refractivity contribution is 5.24. The SMILES string of the molecule is C=C(/C=C\C(=C)CN1CCOCC1)CC. The average Bonchev–Trinajstić information content (AvgIpc) is 2.27. The van der Waals surface area contributed by atoms with Gasteiger partial charge in [0.25, 0.3) is 0 Å². The van der Waals surface area contributed by atoms with Crippen LogP contribution in [0.4, 0.5) is 0 Å². The van der Waals surface area contributed by atoms with Crippen molar-refractivity contribution >= 4 is 0 Å². The summed E-state index contributed by atoms with van der Waals surface area (Å²) < 4.78 is 5.29. The first kappa shape index (κ1) is 12.2. The Bertz CT molecular complexity index is 249. The van der Waals surface area contributed by atoms with E-state index in [1.807, 2.05) is 0 Å². The van der Waals surface area contributed by atoms with Crippen molar-refractivity contribution in [1.29, 1.82) is 0 Å². The Morgan fingerprint density at radius 3 is 2.40 bits per heavy atom. The van der Waals surface area contributed by atoms with Gasteiger partial charge in [-0.15, -0.1) is 0 Å². The van der Waals surface area contributed by atoms with Crippen LogP contribution in [0.25, 0.3) is 0 Å². The lowest BCUT2D eigenvalue weighted by Crippen LogP contribution is -2.37. The van der Waals surface area contributed by atoms with Gasteiger partial charge < -0.3 is 4.74 Å². The van der Waals surface area contributed by atoms with E-state index in [1.165, 1.54) is 0 Å². The molecule has 0 saturated carbocycles. The quantitative estimate of drug-likeness (QED) is 0.642. The molecule has 0 aromatic carbocycles. The molecule has 2 heteroatoms. The number of allylic oxidation sites excluding steroid dienone is 2. The Morgan fingerprint density at radius 1 is 1.20 bits per heavy atom. The fraction of sp³-hybridized carbons (Fsp3) is 0.538. The van der Waals surface area contributed by atoms with E-state index in [0.717, 1.165) is 50.4 Å². The Morgan fingerprint density at radius 2 is 1.80 bits per heavy atom. The van der Waals surface area contributed by atoms with Gasteiger partial charge in [-0.05, 0) is 12.0 Å². The Balaban J connectivity index is 2.28. The van der Waals surface area contributed by atoms with E-state index in [9.17, 15) is 0 Å². The zero-order valence-electron chi connectivity index (χ0n) is 9.67. The minimum absolute atomic E-state index is 0.846. The van der Waals surface area contributed by atoms with Gasteiger partial charge >= 0.3 is 0 Å². The van der Waals surface area contributed by atoms with Crippen molar-refractivity contribution in [3.8, 4) is 0 Å². The molecular weight excluding hydrogens is 186 g/mol. The van der Waals surface area contributed by atoms with Gasteiger partial charge in [-0.1, -0.05) is 37.8 Å². The molecule has 2 nitrogen and oxygen atoms in total. The van der Waals surface area contributed by atoms with Crippen molar-refractivity contribution < 1.29 is 4.74 Å². The van der Waals surface area contributed by atoms with Crippen molar-refractivity contribution in [1.82, 2.24) is 4.90 Å². The normalized spacial score (nSPS) is 18.2. The van der Waals surface area contributed by atoms with Crippen molar-refractivity contribution in [2.45, 2.75) is 13.3 Å². The molecule has 1 saturated heterocycles. The van der Waals surface area contributed by atoms with Crippen LogP contribution in [-0.2, 0) is 4.74 Å². The summed E-state index contributed by atoms with van der Waals surface area (Å²) in [4.78, 5) is 2.37. The van der Waals surface area contributed by atoms with Gasteiger partial charge in [0.1, 0.15) is 0 Å². The summed E-state index contributed by atoms with van der Waals surface area (Å²) >= 11 is 0. The van der Waals surface area contributed by atoms with Crippen LogP contribution in [-0.4, -0.2) is 37.7 Å². The molecule has 84 valence electrons. The average molecular weight is 207 g/mol. The van der Waals surface area contributed by atoms with Crippen LogP contribution in [0.1, 0.15) is 13.3 Å². The first-order valence-electron chi connectivity index (χ1n) is 5.56. The highest BCUT2D eigenvalue weighted by Gasteiger charge is 2.09. The third-order valence-electron chi connectivity index (χ3n) is 2.54. The second-order valence-electron chi connectivity index (χ2n) is 3.89. The maximum atomic E-state index is 5.29. The van der Waals surface area contributed by atoms with Crippen molar-refractivity contribution in [3.05, 3.63) is 36.5 Å². The Labute approximate surface area is 92.9 Å². The van der Waals surface area contributed by atoms with Gasteiger partial charge in [0.2, 0.25) is 0 Å². The molecule has 0 atom stereocenters. The van der Waals surface area contributed by atoms with E-state index in [1.54, 1.807) is 0 Å². The summed E-state index contributed by atoms with van der Waals surface area (Å²) in [5, 5.41) is 0. The van der Waals surface area contributed by atoms with E-state index in [-0.39, 0.29) is 0 Å². The molecule has 1 heterocycles. The lowest BCUT2D eigenvalue weighted by molar-refractivity contribution is 0.0426. The molecule has 0 amide bonds. The van der Waals surface area contributed by atoms with E-state index in [2.05, 4.69) is 37.1 Å². The summed E-state index contributed by atoms with van der Waals surface area (Å²) in [6, 6.07) is 0. The van der Waals surface area contributed by atoms with E-state index in [4.69, 9.17) is 4.74 Å². The molecule has 0 aromatic heterocycles. The molecule has 0 aromatic rings. The molecule has 0 unspecified atom stereocenters. The van der Waals surface area contributed by atoms with Crippen LogP contribution >= 0.6 is 0 Å². The highest BCUT2D eigenvalue weighted by atomic mass is 16.5. The van der Waals surface area contributed by atoms with Crippen LogP contribution < -0.4 is 0 Å². The summed E-state index contributed by atoms with van der Waals surface area (Å²) in [5.41, 5.74) is 2.30. The maximum Gasteiger partial charge on any atom is 0.0594 e. The number of ether oxygens (including phenoxy) is 1. The molecule has 0 bridgehead atoms. The van der Waals surface area contributed by atoms with E-state index >= 15 is 0 Å². The first-order valence-corrected chi connectivity index (χ1v) is 5.56. The molecule has 1 aliphatic heterocycles. The van der Waals surface area contributed by atoms with Gasteiger partial charge in [0.05, 0.1) is 13.2 Å². The summed E-state index contributed by atoms with van der Waals surface area (Å²) in [6.45, 7) is 14.7. The molecule has 1 rings (SSSR count). The minimum Gasteiger partial charge on any atom is -0.379 e. The summed E-state index contributed by atoms with van der Waals surface area (Å²) in [6.07, 6.45) is 5.13. The minimum atomic E-state index is 0.846. The van der Waals surface area contributed by atoms with Gasteiger partial charge in [-0.3, -0.25) is 4.90 Å². The molecule has 0 aliphatic carbocycles. The Hall–Kier alpha value is -0.860. The monoisotopic (exact) mass is 207 g/mol. The number of hydrogen-bond acceptors (Lipinski definition) is 2. The van der Waals surface area contributed by atoms with Crippen LogP contribution in [0, 0.1) is 0 Å². The number of hydrogen-bond donors (Lipinski definition) is 0. The predicted octanol–water partition coefficient (Wildman–Crippen LogP) is 2.40. The lowest BCUT2D eigenvalue weighted by atomic mass is 10.1. The fourth-order valence-corrected chi connectivity index (χ4v) is 1.45. The molecular formula is C13H21NO. The van der Waals surface area contributed by atoms with Crippen LogP contribution in [0.3, 0.4) is 0 Å². The number of nitrogens with zero attached hydrogens (tertiary/aromatic N) is 1. The second-order valence-corrected chi connectivity index (χ2v) is 3.89. The molecule has 0 spiro atoms. The van der Waals surface area contributed by atoms with Crippen LogP contribution in [0.15, 0.2) is 36.5 Å². The standard InChI is InChI=1S/C13H21NO/c1-4-12(2)5-6-13(3)11-14-7-9-15-10-8-14/h5-6H,2-4,7-11H2,1H3/b6-5-. The number of morpholine rings is 1. The third kappa shape index (κ3) is 4.96. The predicted molar refractivity (Wildman–Crippen MR) is 65.0 cm³/mol. The van der Waals surface area contributed by atoms with E-state index in [0.29, 0.717) is 0 Å². The van der Waals surface area contributed by atoms with Gasteiger partial charge in [-0.25, -0.2) is 0 Å². The van der Waals surface area contributed by atoms with Crippen molar-refractivity contribution in [2.75, 3.05) is 32.8 Å². The van der Waals surface area contributed by atoms with Crippen LogP contribution in [0.5, 0.6) is 0 Å². The van der Waals surface area contributed by atoms with Crippen LogP contribution in [0.2, 0.25) is 0 Å².